The van der Waals surface area contributed by atoms with E-state index in [-0.39, 0.29) is 24.5 Å². The lowest BCUT2D eigenvalue weighted by Crippen LogP contribution is -2.16. The second-order valence-corrected chi connectivity index (χ2v) is 6.20. The molecule has 22 heavy (non-hydrogen) atoms. The maximum atomic E-state index is 11.2. The first-order chi connectivity index (χ1) is 10.3. The minimum atomic E-state index is -3.78. The molecule has 1 rings (SSSR count). The standard InChI is InChI=1S/C13H17NO7S/c1-2-22(18,19)21-13(15)8-10-20-9-7-11-3-5-12(6-4-11)14(16)17/h3-6H,2,7-10H2,1H3. The molecule has 8 nitrogen and oxygen atoms in total. The summed E-state index contributed by atoms with van der Waals surface area (Å²) in [5, 5.41) is 10.5. The summed E-state index contributed by atoms with van der Waals surface area (Å²) < 4.78 is 31.5. The molecule has 1 aromatic carbocycles. The molecule has 0 fully saturated rings. The predicted octanol–water partition coefficient (Wildman–Crippen LogP) is 1.44. The second-order valence-electron chi connectivity index (χ2n) is 4.34. The van der Waals surface area contributed by atoms with E-state index in [9.17, 15) is 23.3 Å². The van der Waals surface area contributed by atoms with E-state index < -0.39 is 21.0 Å². The van der Waals surface area contributed by atoms with Gasteiger partial charge in [0.25, 0.3) is 5.69 Å². The van der Waals surface area contributed by atoms with Crippen molar-refractivity contribution in [1.29, 1.82) is 0 Å². The monoisotopic (exact) mass is 331 g/mol. The van der Waals surface area contributed by atoms with E-state index in [2.05, 4.69) is 4.18 Å². The van der Waals surface area contributed by atoms with E-state index in [1.165, 1.54) is 19.1 Å². The van der Waals surface area contributed by atoms with Crippen LogP contribution in [0.5, 0.6) is 0 Å². The van der Waals surface area contributed by atoms with Gasteiger partial charge in [0.05, 0.1) is 30.3 Å². The molecule has 0 heterocycles. The molecule has 0 spiro atoms. The molecule has 0 N–H and O–H groups in total. The SMILES string of the molecule is CCS(=O)(=O)OC(=O)CCOCCc1ccc([N+](=O)[O-])cc1. The van der Waals surface area contributed by atoms with Crippen LogP contribution in [0.4, 0.5) is 5.69 Å². The van der Waals surface area contributed by atoms with E-state index in [1.54, 1.807) is 12.1 Å². The highest BCUT2D eigenvalue weighted by atomic mass is 32.2. The number of carbonyl (C=O) groups excluding carboxylic acids is 1. The fourth-order valence-corrected chi connectivity index (χ4v) is 1.96. The van der Waals surface area contributed by atoms with Crippen LogP contribution in [0.15, 0.2) is 24.3 Å². The van der Waals surface area contributed by atoms with E-state index >= 15 is 0 Å². The van der Waals surface area contributed by atoms with Gasteiger partial charge in [-0.15, -0.1) is 0 Å². The van der Waals surface area contributed by atoms with Crippen molar-refractivity contribution in [1.82, 2.24) is 0 Å². The topological polar surface area (TPSA) is 113 Å². The van der Waals surface area contributed by atoms with Crippen LogP contribution in [0.3, 0.4) is 0 Å². The normalized spacial score (nSPS) is 11.1. The molecule has 9 heteroatoms. The maximum Gasteiger partial charge on any atom is 0.324 e. The Morgan fingerprint density at radius 1 is 1.23 bits per heavy atom. The van der Waals surface area contributed by atoms with E-state index in [1.807, 2.05) is 0 Å². The first-order valence-electron chi connectivity index (χ1n) is 6.60. The van der Waals surface area contributed by atoms with Crippen LogP contribution >= 0.6 is 0 Å². The van der Waals surface area contributed by atoms with Gasteiger partial charge in [0.1, 0.15) is 0 Å². The Morgan fingerprint density at radius 2 is 1.86 bits per heavy atom. The van der Waals surface area contributed by atoms with Gasteiger partial charge >= 0.3 is 16.1 Å². The molecule has 0 aromatic heterocycles. The van der Waals surface area contributed by atoms with Gasteiger partial charge in [-0.3, -0.25) is 14.9 Å². The number of benzene rings is 1. The molecule has 0 aliphatic rings. The summed E-state index contributed by atoms with van der Waals surface area (Å²) in [5.74, 6) is -1.11. The van der Waals surface area contributed by atoms with E-state index in [4.69, 9.17) is 4.74 Å². The molecular weight excluding hydrogens is 314 g/mol. The maximum absolute atomic E-state index is 11.2. The Labute approximate surface area is 128 Å². The summed E-state index contributed by atoms with van der Waals surface area (Å²) in [6, 6.07) is 6.07. The third-order valence-electron chi connectivity index (χ3n) is 2.71. The quantitative estimate of drug-likeness (QED) is 0.291. The number of nitrogens with zero attached hydrogens (tertiary/aromatic N) is 1. The van der Waals surface area contributed by atoms with Crippen LogP contribution in [0.25, 0.3) is 0 Å². The van der Waals surface area contributed by atoms with Gasteiger partial charge in [0, 0.05) is 12.1 Å². The number of non-ortho nitro benzene ring substituents is 1. The van der Waals surface area contributed by atoms with Crippen molar-refractivity contribution in [2.45, 2.75) is 19.8 Å². The van der Waals surface area contributed by atoms with Gasteiger partial charge in [-0.05, 0) is 18.9 Å². The van der Waals surface area contributed by atoms with Crippen LogP contribution in [0, 0.1) is 10.1 Å². The van der Waals surface area contributed by atoms with Gasteiger partial charge < -0.3 is 8.92 Å². The lowest BCUT2D eigenvalue weighted by molar-refractivity contribution is -0.384. The lowest BCUT2D eigenvalue weighted by Gasteiger charge is -2.05. The third-order valence-corrected chi connectivity index (χ3v) is 3.85. The summed E-state index contributed by atoms with van der Waals surface area (Å²) in [5.41, 5.74) is 0.881. The number of hydrogen-bond donors (Lipinski definition) is 0. The number of nitro groups is 1. The summed E-state index contributed by atoms with van der Waals surface area (Å²) in [6.07, 6.45) is 0.375. The molecule has 0 aliphatic carbocycles. The fourth-order valence-electron chi connectivity index (χ4n) is 1.47. The van der Waals surface area contributed by atoms with E-state index in [0.29, 0.717) is 13.0 Å². The number of carbonyl (C=O) groups is 1. The third kappa shape index (κ3) is 6.64. The van der Waals surface area contributed by atoms with Crippen molar-refractivity contribution < 1.29 is 27.1 Å². The van der Waals surface area contributed by atoms with Crippen molar-refractivity contribution >= 4 is 21.8 Å². The Hall–Kier alpha value is -2.00. The van der Waals surface area contributed by atoms with Crippen molar-refractivity contribution in [3.63, 3.8) is 0 Å². The molecule has 0 bridgehead atoms. The number of nitro benzene ring substituents is 1. The molecule has 0 aliphatic heterocycles. The van der Waals surface area contributed by atoms with Crippen LogP contribution < -0.4 is 0 Å². The summed E-state index contributed by atoms with van der Waals surface area (Å²) in [6.45, 7) is 1.74. The first kappa shape index (κ1) is 18.1. The minimum Gasteiger partial charge on any atom is -0.381 e. The Morgan fingerprint density at radius 3 is 2.41 bits per heavy atom. The summed E-state index contributed by atoms with van der Waals surface area (Å²) >= 11 is 0. The van der Waals surface area contributed by atoms with Crippen LogP contribution in [0.1, 0.15) is 18.9 Å². The summed E-state index contributed by atoms with van der Waals surface area (Å²) in [4.78, 5) is 21.2. The van der Waals surface area contributed by atoms with Crippen molar-refractivity contribution in [2.75, 3.05) is 19.0 Å². The van der Waals surface area contributed by atoms with Gasteiger partial charge in [-0.1, -0.05) is 12.1 Å². The molecule has 0 radical (unpaired) electrons. The average molecular weight is 331 g/mol. The zero-order valence-electron chi connectivity index (χ0n) is 12.1. The largest absolute Gasteiger partial charge is 0.381 e. The Bertz CT molecular complexity index is 610. The fraction of sp³-hybridized carbons (Fsp3) is 0.462. The predicted molar refractivity (Wildman–Crippen MR) is 77.8 cm³/mol. The molecule has 122 valence electrons. The lowest BCUT2D eigenvalue weighted by atomic mass is 10.1. The van der Waals surface area contributed by atoms with Crippen LogP contribution in [-0.4, -0.2) is 38.3 Å². The smallest absolute Gasteiger partial charge is 0.324 e. The molecule has 0 amide bonds. The van der Waals surface area contributed by atoms with Crippen molar-refractivity contribution in [3.05, 3.63) is 39.9 Å². The summed E-state index contributed by atoms with van der Waals surface area (Å²) in [7, 11) is -3.78. The number of ether oxygens (including phenoxy) is 1. The molecule has 0 saturated carbocycles. The molecule has 0 atom stereocenters. The highest BCUT2D eigenvalue weighted by Crippen LogP contribution is 2.12. The second kappa shape index (κ2) is 8.44. The minimum absolute atomic E-state index is 0.0181. The van der Waals surface area contributed by atoms with Gasteiger partial charge in [0.2, 0.25) is 0 Å². The van der Waals surface area contributed by atoms with Crippen LogP contribution in [-0.2, 0) is 30.3 Å². The van der Waals surface area contributed by atoms with Gasteiger partial charge in [0.15, 0.2) is 0 Å². The van der Waals surface area contributed by atoms with E-state index in [0.717, 1.165) is 5.56 Å². The average Bonchev–Trinajstić information content (AvgIpc) is 2.47. The zero-order valence-corrected chi connectivity index (χ0v) is 12.9. The number of hydrogen-bond acceptors (Lipinski definition) is 7. The Balaban J connectivity index is 2.23. The van der Waals surface area contributed by atoms with Crippen LogP contribution in [0.2, 0.25) is 0 Å². The Kier molecular flexibility index (Phi) is 6.93. The van der Waals surface area contributed by atoms with Crippen molar-refractivity contribution in [2.24, 2.45) is 0 Å². The van der Waals surface area contributed by atoms with Gasteiger partial charge in [-0.25, -0.2) is 0 Å². The zero-order chi connectivity index (χ0) is 16.6. The highest BCUT2D eigenvalue weighted by Gasteiger charge is 2.14. The highest BCUT2D eigenvalue weighted by molar-refractivity contribution is 7.87. The molecule has 0 unspecified atom stereocenters. The first-order valence-corrected chi connectivity index (χ1v) is 8.18. The van der Waals surface area contributed by atoms with Crippen molar-refractivity contribution in [3.8, 4) is 0 Å². The molecule has 0 saturated heterocycles. The number of rotatable bonds is 9. The molecule has 1 aromatic rings. The van der Waals surface area contributed by atoms with Gasteiger partial charge in [-0.2, -0.15) is 8.42 Å². The molecular formula is C13H17NO7S.